The smallest absolute Gasteiger partial charge is 0.117 e. The Morgan fingerprint density at radius 1 is 1.44 bits per heavy atom. The van der Waals surface area contributed by atoms with Gasteiger partial charge in [-0.3, -0.25) is 0 Å². The van der Waals surface area contributed by atoms with E-state index in [1.807, 2.05) is 30.0 Å². The number of imidazole rings is 1. The summed E-state index contributed by atoms with van der Waals surface area (Å²) in [6.45, 7) is 2.93. The van der Waals surface area contributed by atoms with E-state index in [2.05, 4.69) is 23.0 Å². The molecule has 1 atom stereocenters. The zero-order chi connectivity index (χ0) is 11.4. The predicted octanol–water partition coefficient (Wildman–Crippen LogP) is 2.39. The molecule has 3 nitrogen and oxygen atoms in total. The molecule has 1 aromatic carbocycles. The summed E-state index contributed by atoms with van der Waals surface area (Å²) >= 11 is 1.88. The Bertz CT molecular complexity index is 419. The number of aromatic nitrogens is 2. The van der Waals surface area contributed by atoms with Crippen molar-refractivity contribution in [1.82, 2.24) is 9.97 Å². The monoisotopic (exact) mass is 235 g/mol. The van der Waals surface area contributed by atoms with Crippen LogP contribution in [-0.4, -0.2) is 22.3 Å². The topological polar surface area (TPSA) is 54.7 Å². The van der Waals surface area contributed by atoms with Gasteiger partial charge < -0.3 is 10.7 Å². The molecule has 2 rings (SSSR count). The van der Waals surface area contributed by atoms with E-state index in [4.69, 9.17) is 5.73 Å². The van der Waals surface area contributed by atoms with Crippen molar-refractivity contribution < 1.29 is 0 Å². The largest absolute Gasteiger partial charge is 0.341 e. The maximum atomic E-state index is 5.58. The molecule has 0 aliphatic carbocycles. The fourth-order valence-corrected chi connectivity index (χ4v) is 2.49. The third-order valence-electron chi connectivity index (χ3n) is 2.48. The number of aromatic amines is 1. The van der Waals surface area contributed by atoms with Gasteiger partial charge in [0.05, 0.1) is 16.8 Å². The van der Waals surface area contributed by atoms with Gasteiger partial charge in [0.15, 0.2) is 0 Å². The molecule has 1 aromatic heterocycles. The molecular formula is C12H17N3S. The van der Waals surface area contributed by atoms with E-state index in [0.717, 1.165) is 34.9 Å². The van der Waals surface area contributed by atoms with Gasteiger partial charge in [-0.05, 0) is 30.3 Å². The molecule has 16 heavy (non-hydrogen) atoms. The van der Waals surface area contributed by atoms with Crippen LogP contribution >= 0.6 is 11.8 Å². The lowest BCUT2D eigenvalue weighted by Gasteiger charge is -2.05. The molecule has 0 fully saturated rings. The molecule has 4 heteroatoms. The van der Waals surface area contributed by atoms with E-state index >= 15 is 0 Å². The van der Waals surface area contributed by atoms with E-state index in [1.165, 1.54) is 0 Å². The lowest BCUT2D eigenvalue weighted by molar-refractivity contribution is 0.675. The second kappa shape index (κ2) is 5.37. The van der Waals surface area contributed by atoms with Crippen LogP contribution in [0.15, 0.2) is 24.3 Å². The first-order valence-corrected chi connectivity index (χ1v) is 6.66. The summed E-state index contributed by atoms with van der Waals surface area (Å²) < 4.78 is 0. The summed E-state index contributed by atoms with van der Waals surface area (Å²) in [5.41, 5.74) is 7.74. The van der Waals surface area contributed by atoms with Crippen LogP contribution in [0.2, 0.25) is 0 Å². The summed E-state index contributed by atoms with van der Waals surface area (Å²) in [5, 5.41) is 0. The first-order valence-electron chi connectivity index (χ1n) is 5.51. The molecule has 86 valence electrons. The lowest BCUT2D eigenvalue weighted by Crippen LogP contribution is -2.12. The Hall–Kier alpha value is -1.00. The summed E-state index contributed by atoms with van der Waals surface area (Å²) in [7, 11) is 0. The molecule has 1 unspecified atom stereocenters. The average molecular weight is 235 g/mol. The number of hydrogen-bond donors (Lipinski definition) is 2. The number of benzene rings is 1. The number of rotatable bonds is 5. The van der Waals surface area contributed by atoms with Crippen LogP contribution in [0.3, 0.4) is 0 Å². The van der Waals surface area contributed by atoms with Gasteiger partial charge >= 0.3 is 0 Å². The maximum absolute atomic E-state index is 5.58. The van der Waals surface area contributed by atoms with Gasteiger partial charge in [-0.15, -0.1) is 0 Å². The zero-order valence-electron chi connectivity index (χ0n) is 9.44. The van der Waals surface area contributed by atoms with E-state index in [1.54, 1.807) is 0 Å². The number of H-pyrrole nitrogens is 1. The van der Waals surface area contributed by atoms with Gasteiger partial charge in [0.2, 0.25) is 0 Å². The summed E-state index contributed by atoms with van der Waals surface area (Å²) in [6.07, 6.45) is 0. The van der Waals surface area contributed by atoms with Gasteiger partial charge in [0.1, 0.15) is 5.82 Å². The summed E-state index contributed by atoms with van der Waals surface area (Å²) in [5.74, 6) is 3.65. The van der Waals surface area contributed by atoms with Gasteiger partial charge in [0, 0.05) is 0 Å². The van der Waals surface area contributed by atoms with Crippen molar-refractivity contribution in [3.05, 3.63) is 30.1 Å². The molecule has 0 radical (unpaired) electrons. The van der Waals surface area contributed by atoms with Crippen LogP contribution in [0, 0.1) is 5.92 Å². The van der Waals surface area contributed by atoms with Crippen LogP contribution in [0.5, 0.6) is 0 Å². The molecule has 0 amide bonds. The normalized spacial score (nSPS) is 13.1. The van der Waals surface area contributed by atoms with E-state index in [9.17, 15) is 0 Å². The molecule has 0 saturated heterocycles. The van der Waals surface area contributed by atoms with Crippen molar-refractivity contribution in [2.45, 2.75) is 12.7 Å². The quantitative estimate of drug-likeness (QED) is 0.836. The molecule has 0 aliphatic rings. The minimum absolute atomic E-state index is 0.578. The van der Waals surface area contributed by atoms with Crippen molar-refractivity contribution in [2.75, 3.05) is 12.3 Å². The predicted molar refractivity (Wildman–Crippen MR) is 70.5 cm³/mol. The number of nitrogens with two attached hydrogens (primary N) is 1. The Labute approximate surface area is 99.8 Å². The molecule has 3 N–H and O–H groups in total. The Kier molecular flexibility index (Phi) is 3.85. The van der Waals surface area contributed by atoms with Crippen LogP contribution in [0.25, 0.3) is 11.0 Å². The Balaban J connectivity index is 1.94. The highest BCUT2D eigenvalue weighted by atomic mass is 32.2. The summed E-state index contributed by atoms with van der Waals surface area (Å²) in [6, 6.07) is 8.12. The minimum atomic E-state index is 0.578. The fraction of sp³-hybridized carbons (Fsp3) is 0.417. The number of para-hydroxylation sites is 2. The second-order valence-electron chi connectivity index (χ2n) is 4.06. The van der Waals surface area contributed by atoms with E-state index in [0.29, 0.717) is 5.92 Å². The van der Waals surface area contributed by atoms with Gasteiger partial charge in [-0.25, -0.2) is 4.98 Å². The second-order valence-corrected chi connectivity index (χ2v) is 5.09. The van der Waals surface area contributed by atoms with Crippen molar-refractivity contribution in [3.63, 3.8) is 0 Å². The highest BCUT2D eigenvalue weighted by Crippen LogP contribution is 2.16. The van der Waals surface area contributed by atoms with Crippen molar-refractivity contribution in [2.24, 2.45) is 11.7 Å². The molecular weight excluding hydrogens is 218 g/mol. The third kappa shape index (κ3) is 2.77. The molecule has 1 heterocycles. The first kappa shape index (κ1) is 11.5. The van der Waals surface area contributed by atoms with E-state index < -0.39 is 0 Å². The number of nitrogens with one attached hydrogen (secondary N) is 1. The lowest BCUT2D eigenvalue weighted by atomic mass is 10.2. The van der Waals surface area contributed by atoms with Gasteiger partial charge in [-0.2, -0.15) is 11.8 Å². The Morgan fingerprint density at radius 3 is 3.00 bits per heavy atom. The molecule has 0 aliphatic heterocycles. The molecule has 0 saturated carbocycles. The Morgan fingerprint density at radius 2 is 2.25 bits per heavy atom. The maximum Gasteiger partial charge on any atom is 0.117 e. The van der Waals surface area contributed by atoms with Gasteiger partial charge in [0.25, 0.3) is 0 Å². The minimum Gasteiger partial charge on any atom is -0.341 e. The highest BCUT2D eigenvalue weighted by molar-refractivity contribution is 7.98. The van der Waals surface area contributed by atoms with Crippen LogP contribution < -0.4 is 5.73 Å². The SMILES string of the molecule is CC(CN)CSCc1nc2ccccc2[nH]1. The highest BCUT2D eigenvalue weighted by Gasteiger charge is 2.03. The number of nitrogens with zero attached hydrogens (tertiary/aromatic N) is 1. The van der Waals surface area contributed by atoms with Gasteiger partial charge in [-0.1, -0.05) is 19.1 Å². The fourth-order valence-electron chi connectivity index (χ4n) is 1.50. The first-order chi connectivity index (χ1) is 7.79. The van der Waals surface area contributed by atoms with Crippen LogP contribution in [-0.2, 0) is 5.75 Å². The van der Waals surface area contributed by atoms with Crippen LogP contribution in [0.4, 0.5) is 0 Å². The number of hydrogen-bond acceptors (Lipinski definition) is 3. The van der Waals surface area contributed by atoms with Crippen molar-refractivity contribution >= 4 is 22.8 Å². The zero-order valence-corrected chi connectivity index (χ0v) is 10.3. The molecule has 2 aromatic rings. The van der Waals surface area contributed by atoms with Crippen LogP contribution in [0.1, 0.15) is 12.7 Å². The molecule has 0 bridgehead atoms. The summed E-state index contributed by atoms with van der Waals surface area (Å²) in [4.78, 5) is 7.85. The molecule has 0 spiro atoms. The van der Waals surface area contributed by atoms with Crippen molar-refractivity contribution in [3.8, 4) is 0 Å². The average Bonchev–Trinajstić information content (AvgIpc) is 2.71. The van der Waals surface area contributed by atoms with E-state index in [-0.39, 0.29) is 0 Å². The number of fused-ring (bicyclic) bond motifs is 1. The number of thioether (sulfide) groups is 1. The third-order valence-corrected chi connectivity index (χ3v) is 3.76. The standard InChI is InChI=1S/C12H17N3S/c1-9(6-13)7-16-8-12-14-10-4-2-3-5-11(10)15-12/h2-5,9H,6-8,13H2,1H3,(H,14,15). The van der Waals surface area contributed by atoms with Crippen molar-refractivity contribution in [1.29, 1.82) is 0 Å².